The topological polar surface area (TPSA) is 211 Å². The second kappa shape index (κ2) is 10.5. The van der Waals surface area contributed by atoms with Crippen LogP contribution < -0.4 is 21.7 Å². The number of nitrogens with one attached hydrogen (secondary N) is 1. The molecule has 0 aliphatic rings. The van der Waals surface area contributed by atoms with E-state index in [2.05, 4.69) is 25.3 Å². The molecule has 1 atom stereocenters. The van der Waals surface area contributed by atoms with Crippen LogP contribution in [0, 0.1) is 0 Å². The number of anilines is 3. The SMILES string of the molecule is CN(Cc1cnc2nc(N)nc(N)c2n1)c1ccc(C(=O)N[C@@H](CCC(=O)O)C(=O)O)c(Cl)c1Cl. The first-order valence-corrected chi connectivity index (χ1v) is 10.7. The van der Waals surface area contributed by atoms with Gasteiger partial charge < -0.3 is 31.9 Å². The number of nitrogens with two attached hydrogens (primary N) is 2. The van der Waals surface area contributed by atoms with Gasteiger partial charge in [-0.3, -0.25) is 9.59 Å². The molecule has 35 heavy (non-hydrogen) atoms. The van der Waals surface area contributed by atoms with E-state index >= 15 is 0 Å². The number of benzene rings is 1. The average Bonchev–Trinajstić information content (AvgIpc) is 2.78. The number of aliphatic carboxylic acids is 2. The smallest absolute Gasteiger partial charge is 0.326 e. The Morgan fingerprint density at radius 1 is 1.11 bits per heavy atom. The van der Waals surface area contributed by atoms with Gasteiger partial charge in [-0.25, -0.2) is 14.8 Å². The molecular weight excluding hydrogens is 503 g/mol. The van der Waals surface area contributed by atoms with Crippen LogP contribution in [0.3, 0.4) is 0 Å². The molecule has 1 amide bonds. The summed E-state index contributed by atoms with van der Waals surface area (Å²) in [5.74, 6) is -3.29. The molecule has 184 valence electrons. The number of halogens is 2. The standard InChI is InChI=1S/C20H20Cl2N8O5/c1-30(7-8-6-25-17-15(26-8)16(23)28-20(24)29-17)11-4-2-9(13(21)14(11)22)18(33)27-10(19(34)35)3-5-12(31)32/h2,4,6,10H,3,5,7H2,1H3,(H,27,33)(H,31,32)(H,34,35)(H4,23,24,25,28,29)/t10-/m0/s1. The molecule has 3 aromatic rings. The van der Waals surface area contributed by atoms with Gasteiger partial charge in [0.1, 0.15) is 6.04 Å². The average molecular weight is 523 g/mol. The van der Waals surface area contributed by atoms with Gasteiger partial charge in [-0.2, -0.15) is 9.97 Å². The zero-order chi connectivity index (χ0) is 25.9. The number of rotatable bonds is 9. The molecule has 0 fully saturated rings. The van der Waals surface area contributed by atoms with Crippen molar-refractivity contribution in [2.45, 2.75) is 25.4 Å². The van der Waals surface area contributed by atoms with Crippen LogP contribution in [0.25, 0.3) is 11.2 Å². The lowest BCUT2D eigenvalue weighted by Crippen LogP contribution is -2.41. The number of carboxylic acid groups (broad SMARTS) is 2. The highest BCUT2D eigenvalue weighted by Crippen LogP contribution is 2.35. The van der Waals surface area contributed by atoms with E-state index in [0.717, 1.165) is 0 Å². The van der Waals surface area contributed by atoms with E-state index in [1.165, 1.54) is 18.3 Å². The van der Waals surface area contributed by atoms with Gasteiger partial charge in [0.15, 0.2) is 17.0 Å². The molecule has 7 N–H and O–H groups in total. The molecule has 0 aliphatic heterocycles. The van der Waals surface area contributed by atoms with Crippen molar-refractivity contribution < 1.29 is 24.6 Å². The van der Waals surface area contributed by atoms with Crippen LogP contribution in [-0.4, -0.2) is 61.1 Å². The summed E-state index contributed by atoms with van der Waals surface area (Å²) in [6.45, 7) is 0.227. The van der Waals surface area contributed by atoms with Gasteiger partial charge in [-0.15, -0.1) is 0 Å². The van der Waals surface area contributed by atoms with Crippen LogP contribution in [-0.2, 0) is 16.1 Å². The molecule has 0 saturated heterocycles. The molecular formula is C20H20Cl2N8O5. The zero-order valence-corrected chi connectivity index (χ0v) is 19.7. The number of nitrogens with zero attached hydrogens (tertiary/aromatic N) is 5. The van der Waals surface area contributed by atoms with Crippen molar-refractivity contribution >= 4 is 69.7 Å². The predicted octanol–water partition coefficient (Wildman–Crippen LogP) is 1.58. The minimum Gasteiger partial charge on any atom is -0.481 e. The summed E-state index contributed by atoms with van der Waals surface area (Å²) < 4.78 is 0. The van der Waals surface area contributed by atoms with E-state index < -0.39 is 30.3 Å². The predicted molar refractivity (Wildman–Crippen MR) is 128 cm³/mol. The molecule has 0 bridgehead atoms. The lowest BCUT2D eigenvalue weighted by molar-refractivity contribution is -0.140. The quantitative estimate of drug-likeness (QED) is 0.271. The van der Waals surface area contributed by atoms with Crippen LogP contribution in [0.2, 0.25) is 10.0 Å². The number of nitrogen functional groups attached to an aromatic ring is 2. The van der Waals surface area contributed by atoms with Gasteiger partial charge in [0.2, 0.25) is 5.95 Å². The molecule has 13 nitrogen and oxygen atoms in total. The molecule has 0 aliphatic carbocycles. The van der Waals surface area contributed by atoms with E-state index in [9.17, 15) is 19.5 Å². The van der Waals surface area contributed by atoms with Gasteiger partial charge in [0, 0.05) is 13.5 Å². The van der Waals surface area contributed by atoms with Gasteiger partial charge in [-0.1, -0.05) is 23.2 Å². The third kappa shape index (κ3) is 5.94. The Morgan fingerprint density at radius 2 is 1.83 bits per heavy atom. The molecule has 0 saturated carbocycles. The fourth-order valence-corrected chi connectivity index (χ4v) is 3.71. The summed E-state index contributed by atoms with van der Waals surface area (Å²) >= 11 is 12.7. The maximum Gasteiger partial charge on any atom is 0.326 e. The van der Waals surface area contributed by atoms with E-state index in [1.807, 2.05) is 0 Å². The summed E-state index contributed by atoms with van der Waals surface area (Å²) in [6, 6.07) is 1.50. The molecule has 0 radical (unpaired) electrons. The van der Waals surface area contributed by atoms with Gasteiger partial charge in [-0.05, 0) is 18.6 Å². The lowest BCUT2D eigenvalue weighted by Gasteiger charge is -2.22. The van der Waals surface area contributed by atoms with E-state index in [-0.39, 0.29) is 51.5 Å². The number of aromatic nitrogens is 4. The third-order valence-corrected chi connectivity index (χ3v) is 5.74. The first kappa shape index (κ1) is 25.6. The summed E-state index contributed by atoms with van der Waals surface area (Å²) in [4.78, 5) is 52.8. The largest absolute Gasteiger partial charge is 0.481 e. The number of hydrogen-bond acceptors (Lipinski definition) is 10. The number of fused-ring (bicyclic) bond motifs is 1. The van der Waals surface area contributed by atoms with Crippen molar-refractivity contribution in [2.24, 2.45) is 0 Å². The zero-order valence-electron chi connectivity index (χ0n) is 18.2. The number of carbonyl (C=O) groups is 3. The first-order valence-electron chi connectivity index (χ1n) is 9.97. The Labute approximate surface area is 208 Å². The minimum atomic E-state index is -1.41. The summed E-state index contributed by atoms with van der Waals surface area (Å²) in [5.41, 5.74) is 12.9. The second-order valence-electron chi connectivity index (χ2n) is 7.41. The number of carboxylic acids is 2. The van der Waals surface area contributed by atoms with Crippen molar-refractivity contribution in [3.8, 4) is 0 Å². The molecule has 3 rings (SSSR count). The van der Waals surface area contributed by atoms with Crippen LogP contribution in [0.15, 0.2) is 18.3 Å². The van der Waals surface area contributed by atoms with E-state index in [1.54, 1.807) is 11.9 Å². The number of hydrogen-bond donors (Lipinski definition) is 5. The highest BCUT2D eigenvalue weighted by molar-refractivity contribution is 6.45. The normalized spacial score (nSPS) is 11.7. The van der Waals surface area contributed by atoms with Crippen molar-refractivity contribution in [1.29, 1.82) is 0 Å². The fourth-order valence-electron chi connectivity index (χ4n) is 3.16. The van der Waals surface area contributed by atoms with Crippen molar-refractivity contribution in [1.82, 2.24) is 25.3 Å². The monoisotopic (exact) mass is 522 g/mol. The highest BCUT2D eigenvalue weighted by atomic mass is 35.5. The Morgan fingerprint density at radius 3 is 2.49 bits per heavy atom. The lowest BCUT2D eigenvalue weighted by atomic mass is 10.1. The van der Waals surface area contributed by atoms with Gasteiger partial charge in [0.25, 0.3) is 5.91 Å². The Kier molecular flexibility index (Phi) is 7.71. The maximum atomic E-state index is 12.6. The Bertz CT molecular complexity index is 1320. The Balaban J connectivity index is 1.80. The molecule has 0 spiro atoms. The second-order valence-corrected chi connectivity index (χ2v) is 8.17. The Hall–Kier alpha value is -3.97. The van der Waals surface area contributed by atoms with Crippen molar-refractivity contribution in [2.75, 3.05) is 23.4 Å². The van der Waals surface area contributed by atoms with Crippen LogP contribution >= 0.6 is 23.2 Å². The number of amides is 1. The summed E-state index contributed by atoms with van der Waals surface area (Å²) in [7, 11) is 1.71. The van der Waals surface area contributed by atoms with Crippen LogP contribution in [0.4, 0.5) is 17.5 Å². The van der Waals surface area contributed by atoms with Crippen LogP contribution in [0.1, 0.15) is 28.9 Å². The van der Waals surface area contributed by atoms with Gasteiger partial charge >= 0.3 is 11.9 Å². The van der Waals surface area contributed by atoms with Crippen molar-refractivity contribution in [3.05, 3.63) is 39.6 Å². The molecule has 1 aromatic carbocycles. The van der Waals surface area contributed by atoms with Gasteiger partial charge in [0.05, 0.1) is 39.7 Å². The third-order valence-electron chi connectivity index (χ3n) is 4.87. The van der Waals surface area contributed by atoms with E-state index in [0.29, 0.717) is 11.4 Å². The first-order chi connectivity index (χ1) is 16.5. The maximum absolute atomic E-state index is 12.6. The summed E-state index contributed by atoms with van der Waals surface area (Å²) in [6.07, 6.45) is 0.765. The van der Waals surface area contributed by atoms with Crippen LogP contribution in [0.5, 0.6) is 0 Å². The highest BCUT2D eigenvalue weighted by Gasteiger charge is 2.24. The van der Waals surface area contributed by atoms with E-state index in [4.69, 9.17) is 39.8 Å². The molecule has 2 heterocycles. The summed E-state index contributed by atoms with van der Waals surface area (Å²) in [5, 5.41) is 20.2. The van der Waals surface area contributed by atoms with Crippen molar-refractivity contribution in [3.63, 3.8) is 0 Å². The molecule has 15 heteroatoms. The minimum absolute atomic E-state index is 0.0173. The fraction of sp³-hybridized carbons (Fsp3) is 0.250. The molecule has 0 unspecified atom stereocenters. The molecule has 2 aromatic heterocycles. The number of carbonyl (C=O) groups excluding carboxylic acids is 1.